The summed E-state index contributed by atoms with van der Waals surface area (Å²) in [4.78, 5) is 26.4. The van der Waals surface area contributed by atoms with Gasteiger partial charge in [0.25, 0.3) is 11.7 Å². The minimum absolute atomic E-state index is 0.110. The second kappa shape index (κ2) is 6.54. The van der Waals surface area contributed by atoms with Gasteiger partial charge in [-0.25, -0.2) is 0 Å². The Hall–Kier alpha value is -3.14. The van der Waals surface area contributed by atoms with Crippen LogP contribution in [0, 0.1) is 0 Å². The molecule has 1 heterocycles. The number of aliphatic hydroxyl groups excluding tert-OH is 1. The van der Waals surface area contributed by atoms with Gasteiger partial charge in [0.2, 0.25) is 0 Å². The largest absolute Gasteiger partial charge is 0.507 e. The Bertz CT molecular complexity index is 809. The zero-order valence-corrected chi connectivity index (χ0v) is 13.1. The Labute approximate surface area is 140 Å². The first-order valence-electron chi connectivity index (χ1n) is 7.65. The molecule has 0 radical (unpaired) electrons. The molecule has 1 N–H and O–H groups in total. The van der Waals surface area contributed by atoms with E-state index >= 15 is 0 Å². The average molecular weight is 319 g/mol. The maximum absolute atomic E-state index is 12.5. The van der Waals surface area contributed by atoms with E-state index in [4.69, 9.17) is 0 Å². The van der Waals surface area contributed by atoms with Gasteiger partial charge in [-0.05, 0) is 5.56 Å². The van der Waals surface area contributed by atoms with E-state index in [1.807, 2.05) is 36.4 Å². The van der Waals surface area contributed by atoms with Gasteiger partial charge < -0.3 is 10.0 Å². The summed E-state index contributed by atoms with van der Waals surface area (Å²) in [6.45, 7) is 3.89. The Morgan fingerprint density at radius 2 is 1.62 bits per heavy atom. The summed E-state index contributed by atoms with van der Waals surface area (Å²) in [6.07, 6.45) is 1.57. The fourth-order valence-electron chi connectivity index (χ4n) is 2.94. The molecule has 4 heteroatoms. The van der Waals surface area contributed by atoms with Crippen LogP contribution in [-0.4, -0.2) is 28.2 Å². The molecular weight excluding hydrogens is 302 g/mol. The van der Waals surface area contributed by atoms with Crippen molar-refractivity contribution in [3.63, 3.8) is 0 Å². The maximum atomic E-state index is 12.5. The number of benzene rings is 2. The molecule has 4 nitrogen and oxygen atoms in total. The molecule has 1 atom stereocenters. The number of hydrogen-bond donors (Lipinski definition) is 1. The Balaban J connectivity index is 2.20. The van der Waals surface area contributed by atoms with Crippen LogP contribution in [0.2, 0.25) is 0 Å². The van der Waals surface area contributed by atoms with Gasteiger partial charge in [0.1, 0.15) is 5.76 Å². The van der Waals surface area contributed by atoms with Crippen molar-refractivity contribution in [3.05, 3.63) is 90.0 Å². The molecule has 2 aromatic carbocycles. The Kier molecular flexibility index (Phi) is 4.29. The number of hydrogen-bond acceptors (Lipinski definition) is 3. The van der Waals surface area contributed by atoms with E-state index in [9.17, 15) is 14.7 Å². The molecule has 1 fully saturated rings. The van der Waals surface area contributed by atoms with Crippen LogP contribution in [0.25, 0.3) is 5.76 Å². The topological polar surface area (TPSA) is 57.6 Å². The van der Waals surface area contributed by atoms with Crippen molar-refractivity contribution in [1.29, 1.82) is 0 Å². The van der Waals surface area contributed by atoms with Crippen molar-refractivity contribution in [1.82, 2.24) is 4.90 Å². The first-order chi connectivity index (χ1) is 11.6. The predicted molar refractivity (Wildman–Crippen MR) is 92.1 cm³/mol. The highest BCUT2D eigenvalue weighted by Crippen LogP contribution is 2.38. The van der Waals surface area contributed by atoms with E-state index in [0.717, 1.165) is 5.56 Å². The van der Waals surface area contributed by atoms with Gasteiger partial charge in [0, 0.05) is 12.1 Å². The number of carbonyl (C=O) groups is 2. The summed E-state index contributed by atoms with van der Waals surface area (Å²) in [7, 11) is 0. The standard InChI is InChI=1S/C20H17NO3/c1-2-13-21-17(14-9-5-3-6-10-14)16(19(23)20(21)24)18(22)15-11-7-4-8-12-15/h2-12,17,22H,1,13H2. The zero-order valence-electron chi connectivity index (χ0n) is 13.1. The molecule has 1 aliphatic heterocycles. The second-order valence-electron chi connectivity index (χ2n) is 5.52. The molecule has 3 rings (SSSR count). The van der Waals surface area contributed by atoms with Crippen molar-refractivity contribution >= 4 is 17.4 Å². The molecule has 0 saturated carbocycles. The molecule has 120 valence electrons. The summed E-state index contributed by atoms with van der Waals surface area (Å²) in [5.74, 6) is -1.46. The second-order valence-corrected chi connectivity index (χ2v) is 5.52. The van der Waals surface area contributed by atoms with Crippen molar-refractivity contribution in [2.75, 3.05) is 6.54 Å². The number of nitrogens with zero attached hydrogens (tertiary/aromatic N) is 1. The number of carbonyl (C=O) groups excluding carboxylic acids is 2. The molecule has 0 spiro atoms. The monoisotopic (exact) mass is 319 g/mol. The molecule has 2 aromatic rings. The molecule has 1 unspecified atom stereocenters. The third-order valence-corrected chi connectivity index (χ3v) is 4.03. The summed E-state index contributed by atoms with van der Waals surface area (Å²) < 4.78 is 0. The number of ketones is 1. The van der Waals surface area contributed by atoms with Crippen LogP contribution in [0.1, 0.15) is 17.2 Å². The summed E-state index contributed by atoms with van der Waals surface area (Å²) in [5, 5.41) is 10.7. The van der Waals surface area contributed by atoms with E-state index in [2.05, 4.69) is 6.58 Å². The van der Waals surface area contributed by atoms with Crippen LogP contribution in [-0.2, 0) is 9.59 Å². The quantitative estimate of drug-likeness (QED) is 0.407. The van der Waals surface area contributed by atoms with E-state index in [0.29, 0.717) is 5.56 Å². The van der Waals surface area contributed by atoms with Crippen LogP contribution < -0.4 is 0 Å². The highest BCUT2D eigenvalue weighted by molar-refractivity contribution is 6.46. The molecule has 0 aromatic heterocycles. The zero-order chi connectivity index (χ0) is 17.1. The molecule has 24 heavy (non-hydrogen) atoms. The lowest BCUT2D eigenvalue weighted by Crippen LogP contribution is -2.29. The van der Waals surface area contributed by atoms with Crippen molar-refractivity contribution in [2.45, 2.75) is 6.04 Å². The summed E-state index contributed by atoms with van der Waals surface area (Å²) >= 11 is 0. The fourth-order valence-corrected chi connectivity index (χ4v) is 2.94. The average Bonchev–Trinajstić information content (AvgIpc) is 2.88. The lowest BCUT2D eigenvalue weighted by atomic mass is 9.95. The van der Waals surface area contributed by atoms with Gasteiger partial charge >= 0.3 is 0 Å². The minimum atomic E-state index is -0.674. The van der Waals surface area contributed by atoms with E-state index in [-0.39, 0.29) is 17.9 Å². The highest BCUT2D eigenvalue weighted by Gasteiger charge is 2.45. The number of Topliss-reactive ketones (excluding diaryl/α,β-unsaturated/α-hetero) is 1. The summed E-state index contributed by atoms with van der Waals surface area (Å²) in [5.41, 5.74) is 1.39. The molecule has 0 bridgehead atoms. The number of amides is 1. The van der Waals surface area contributed by atoms with Gasteiger partial charge in [0.05, 0.1) is 11.6 Å². The van der Waals surface area contributed by atoms with Gasteiger partial charge in [-0.3, -0.25) is 9.59 Å². The van der Waals surface area contributed by atoms with E-state index in [1.54, 1.807) is 30.3 Å². The highest BCUT2D eigenvalue weighted by atomic mass is 16.3. The lowest BCUT2D eigenvalue weighted by Gasteiger charge is -2.24. The van der Waals surface area contributed by atoms with Gasteiger partial charge in [-0.1, -0.05) is 66.7 Å². The normalized spacial score (nSPS) is 19.5. The van der Waals surface area contributed by atoms with Crippen LogP contribution in [0.5, 0.6) is 0 Å². The molecule has 0 aliphatic carbocycles. The Morgan fingerprint density at radius 3 is 2.21 bits per heavy atom. The minimum Gasteiger partial charge on any atom is -0.507 e. The predicted octanol–water partition coefficient (Wildman–Crippen LogP) is 3.29. The maximum Gasteiger partial charge on any atom is 0.295 e. The van der Waals surface area contributed by atoms with Gasteiger partial charge in [-0.2, -0.15) is 0 Å². The summed E-state index contributed by atoms with van der Waals surface area (Å²) in [6, 6.07) is 17.4. The van der Waals surface area contributed by atoms with Crippen molar-refractivity contribution < 1.29 is 14.7 Å². The van der Waals surface area contributed by atoms with Crippen LogP contribution >= 0.6 is 0 Å². The number of likely N-dealkylation sites (tertiary alicyclic amines) is 1. The van der Waals surface area contributed by atoms with Gasteiger partial charge in [0.15, 0.2) is 0 Å². The first-order valence-corrected chi connectivity index (χ1v) is 7.65. The fraction of sp³-hybridized carbons (Fsp3) is 0.100. The SMILES string of the molecule is C=CCN1C(=O)C(=O)C(=C(O)c2ccccc2)C1c1ccccc1. The number of aliphatic hydroxyl groups is 1. The molecule has 1 amide bonds. The smallest absolute Gasteiger partial charge is 0.295 e. The molecule has 1 saturated heterocycles. The van der Waals surface area contributed by atoms with E-state index in [1.165, 1.54) is 4.90 Å². The van der Waals surface area contributed by atoms with Crippen LogP contribution in [0.15, 0.2) is 78.9 Å². The van der Waals surface area contributed by atoms with Crippen LogP contribution in [0.4, 0.5) is 0 Å². The first kappa shape index (κ1) is 15.7. The molecular formula is C20H17NO3. The third-order valence-electron chi connectivity index (χ3n) is 4.03. The van der Waals surface area contributed by atoms with Gasteiger partial charge in [-0.15, -0.1) is 6.58 Å². The third kappa shape index (κ3) is 2.63. The Morgan fingerprint density at radius 1 is 1.04 bits per heavy atom. The molecule has 1 aliphatic rings. The van der Waals surface area contributed by atoms with E-state index < -0.39 is 17.7 Å². The lowest BCUT2D eigenvalue weighted by molar-refractivity contribution is -0.139. The van der Waals surface area contributed by atoms with Crippen molar-refractivity contribution in [2.24, 2.45) is 0 Å². The van der Waals surface area contributed by atoms with Crippen molar-refractivity contribution in [3.8, 4) is 0 Å². The number of rotatable bonds is 4. The van der Waals surface area contributed by atoms with Crippen LogP contribution in [0.3, 0.4) is 0 Å².